The fourth-order valence-electron chi connectivity index (χ4n) is 2.63. The van der Waals surface area contributed by atoms with E-state index in [-0.39, 0.29) is 17.5 Å². The van der Waals surface area contributed by atoms with Gasteiger partial charge in [-0.15, -0.1) is 5.10 Å². The molecule has 0 fully saturated rings. The van der Waals surface area contributed by atoms with Gasteiger partial charge in [-0.2, -0.15) is 0 Å². The molecular formula is C17H19FN4O. The number of hydrogen-bond donors (Lipinski definition) is 0. The number of nitrogens with zero attached hydrogens (tertiary/aromatic N) is 4. The van der Waals surface area contributed by atoms with Gasteiger partial charge >= 0.3 is 5.69 Å². The van der Waals surface area contributed by atoms with Crippen molar-refractivity contribution in [3.8, 4) is 0 Å². The molecule has 0 atom stereocenters. The number of anilines is 1. The van der Waals surface area contributed by atoms with Crippen LogP contribution in [0.4, 0.5) is 10.1 Å². The van der Waals surface area contributed by atoms with E-state index in [1.54, 1.807) is 30.5 Å². The Morgan fingerprint density at radius 2 is 1.91 bits per heavy atom. The predicted octanol–water partition coefficient (Wildman–Crippen LogP) is 2.55. The molecule has 2 aromatic heterocycles. The fourth-order valence-corrected chi connectivity index (χ4v) is 2.63. The zero-order valence-electron chi connectivity index (χ0n) is 13.2. The second kappa shape index (κ2) is 6.24. The summed E-state index contributed by atoms with van der Waals surface area (Å²) in [5, 5.41) is 4.33. The smallest absolute Gasteiger partial charge is 0.350 e. The molecule has 0 radical (unpaired) electrons. The highest BCUT2D eigenvalue weighted by atomic mass is 19.1. The lowest BCUT2D eigenvalue weighted by Gasteiger charge is -2.28. The molecule has 0 unspecified atom stereocenters. The van der Waals surface area contributed by atoms with Gasteiger partial charge in [0, 0.05) is 24.5 Å². The van der Waals surface area contributed by atoms with Gasteiger partial charge in [0.15, 0.2) is 5.65 Å². The van der Waals surface area contributed by atoms with Gasteiger partial charge in [0.2, 0.25) is 0 Å². The minimum absolute atomic E-state index is 0.150. The van der Waals surface area contributed by atoms with Crippen molar-refractivity contribution in [1.29, 1.82) is 0 Å². The molecule has 3 rings (SSSR count). The summed E-state index contributed by atoms with van der Waals surface area (Å²) in [7, 11) is 0. The largest absolute Gasteiger partial charge is 0.367 e. The molecule has 120 valence electrons. The quantitative estimate of drug-likeness (QED) is 0.727. The van der Waals surface area contributed by atoms with E-state index in [2.05, 4.69) is 23.8 Å². The van der Waals surface area contributed by atoms with E-state index in [0.29, 0.717) is 18.7 Å². The average molecular weight is 314 g/mol. The van der Waals surface area contributed by atoms with Crippen molar-refractivity contribution in [3.05, 3.63) is 65.0 Å². The summed E-state index contributed by atoms with van der Waals surface area (Å²) in [5.41, 5.74) is 1.41. The Bertz CT molecular complexity index is 851. The van der Waals surface area contributed by atoms with E-state index in [1.807, 2.05) is 6.07 Å². The first-order valence-corrected chi connectivity index (χ1v) is 7.62. The molecule has 0 saturated carbocycles. The van der Waals surface area contributed by atoms with Crippen LogP contribution in [0, 0.1) is 5.82 Å². The van der Waals surface area contributed by atoms with Crippen LogP contribution in [0.25, 0.3) is 5.65 Å². The van der Waals surface area contributed by atoms with Crippen molar-refractivity contribution in [3.63, 3.8) is 0 Å². The van der Waals surface area contributed by atoms with Crippen molar-refractivity contribution in [2.24, 2.45) is 0 Å². The van der Waals surface area contributed by atoms with Crippen molar-refractivity contribution in [2.45, 2.75) is 26.4 Å². The van der Waals surface area contributed by atoms with E-state index in [1.165, 1.54) is 21.2 Å². The summed E-state index contributed by atoms with van der Waals surface area (Å²) in [6, 6.07) is 12.1. The molecule has 0 bridgehead atoms. The van der Waals surface area contributed by atoms with Gasteiger partial charge in [0.25, 0.3) is 0 Å². The van der Waals surface area contributed by atoms with Crippen LogP contribution in [0.2, 0.25) is 0 Å². The number of hydrogen-bond acceptors (Lipinski definition) is 3. The summed E-state index contributed by atoms with van der Waals surface area (Å²) < 4.78 is 16.1. The molecule has 0 aliphatic rings. The second-order valence-electron chi connectivity index (χ2n) is 5.70. The molecule has 0 spiro atoms. The molecule has 0 saturated heterocycles. The highest BCUT2D eigenvalue weighted by Crippen LogP contribution is 2.17. The van der Waals surface area contributed by atoms with Gasteiger partial charge in [-0.25, -0.2) is 13.9 Å². The van der Waals surface area contributed by atoms with E-state index >= 15 is 0 Å². The van der Waals surface area contributed by atoms with Crippen LogP contribution < -0.4 is 10.6 Å². The number of rotatable bonds is 5. The highest BCUT2D eigenvalue weighted by molar-refractivity contribution is 5.47. The van der Waals surface area contributed by atoms with Crippen molar-refractivity contribution < 1.29 is 4.39 Å². The summed E-state index contributed by atoms with van der Waals surface area (Å²) >= 11 is 0. The van der Waals surface area contributed by atoms with Crippen molar-refractivity contribution in [1.82, 2.24) is 14.2 Å². The maximum Gasteiger partial charge on any atom is 0.350 e. The van der Waals surface area contributed by atoms with Gasteiger partial charge in [-0.05, 0) is 50.2 Å². The van der Waals surface area contributed by atoms with Gasteiger partial charge in [0.05, 0.1) is 6.54 Å². The summed E-state index contributed by atoms with van der Waals surface area (Å²) in [6.07, 6.45) is 1.71. The maximum atomic E-state index is 13.1. The Morgan fingerprint density at radius 1 is 1.17 bits per heavy atom. The van der Waals surface area contributed by atoms with Crippen LogP contribution in [0.15, 0.2) is 53.5 Å². The molecule has 6 heteroatoms. The zero-order chi connectivity index (χ0) is 16.4. The minimum atomic E-state index is -0.256. The molecular weight excluding hydrogens is 295 g/mol. The van der Waals surface area contributed by atoms with Crippen molar-refractivity contribution >= 4 is 11.3 Å². The van der Waals surface area contributed by atoms with Crippen LogP contribution in [0.5, 0.6) is 0 Å². The number of aromatic nitrogens is 3. The number of pyridine rings is 1. The predicted molar refractivity (Wildman–Crippen MR) is 88.3 cm³/mol. The van der Waals surface area contributed by atoms with E-state index in [9.17, 15) is 9.18 Å². The number of halogens is 1. The minimum Gasteiger partial charge on any atom is -0.367 e. The molecule has 2 heterocycles. The number of benzene rings is 1. The fraction of sp³-hybridized carbons (Fsp3) is 0.294. The van der Waals surface area contributed by atoms with Gasteiger partial charge < -0.3 is 4.90 Å². The van der Waals surface area contributed by atoms with Gasteiger partial charge in [-0.1, -0.05) is 6.07 Å². The van der Waals surface area contributed by atoms with Gasteiger partial charge in [0.1, 0.15) is 5.82 Å². The molecule has 0 amide bonds. The third-order valence-electron chi connectivity index (χ3n) is 3.82. The zero-order valence-corrected chi connectivity index (χ0v) is 13.2. The van der Waals surface area contributed by atoms with Crippen molar-refractivity contribution in [2.75, 3.05) is 11.4 Å². The molecule has 1 aromatic carbocycles. The highest BCUT2D eigenvalue weighted by Gasteiger charge is 2.13. The maximum absolute atomic E-state index is 13.1. The molecule has 3 aromatic rings. The molecule has 5 nitrogen and oxygen atoms in total. The van der Waals surface area contributed by atoms with Crippen LogP contribution in [0.1, 0.15) is 13.8 Å². The standard InChI is InChI=1S/C17H19FN4O/c1-13(2)20(15-8-6-14(18)7-9-15)11-12-22-17(23)21-10-4-3-5-16(21)19-22/h3-10,13H,11-12H2,1-2H3. The summed E-state index contributed by atoms with van der Waals surface area (Å²) in [4.78, 5) is 14.4. The third-order valence-corrected chi connectivity index (χ3v) is 3.82. The first kappa shape index (κ1) is 15.3. The van der Waals surface area contributed by atoms with E-state index in [0.717, 1.165) is 5.69 Å². The average Bonchev–Trinajstić information content (AvgIpc) is 2.86. The third kappa shape index (κ3) is 3.11. The molecule has 0 N–H and O–H groups in total. The second-order valence-corrected chi connectivity index (χ2v) is 5.70. The van der Waals surface area contributed by atoms with Crippen LogP contribution >= 0.6 is 0 Å². The molecule has 0 aliphatic heterocycles. The van der Waals surface area contributed by atoms with Gasteiger partial charge in [-0.3, -0.25) is 4.40 Å². The van der Waals surface area contributed by atoms with Crippen LogP contribution in [-0.4, -0.2) is 26.8 Å². The van der Waals surface area contributed by atoms with Crippen LogP contribution in [-0.2, 0) is 6.54 Å². The molecule has 23 heavy (non-hydrogen) atoms. The Balaban J connectivity index is 1.82. The SMILES string of the molecule is CC(C)N(CCn1nc2ccccn2c1=O)c1ccc(F)cc1. The first-order chi connectivity index (χ1) is 11.1. The summed E-state index contributed by atoms with van der Waals surface area (Å²) in [6.45, 7) is 5.22. The lowest BCUT2D eigenvalue weighted by Crippen LogP contribution is -2.36. The first-order valence-electron chi connectivity index (χ1n) is 7.62. The van der Waals surface area contributed by atoms with E-state index < -0.39 is 0 Å². The van der Waals surface area contributed by atoms with Crippen LogP contribution in [0.3, 0.4) is 0 Å². The Hall–Kier alpha value is -2.63. The Morgan fingerprint density at radius 3 is 2.57 bits per heavy atom. The Kier molecular flexibility index (Phi) is 4.14. The topological polar surface area (TPSA) is 42.5 Å². The monoisotopic (exact) mass is 314 g/mol. The number of fused-ring (bicyclic) bond motifs is 1. The van der Waals surface area contributed by atoms with E-state index in [4.69, 9.17) is 0 Å². The Labute approximate surface area is 133 Å². The normalized spacial score (nSPS) is 11.3. The lowest BCUT2D eigenvalue weighted by molar-refractivity contribution is 0.554. The lowest BCUT2D eigenvalue weighted by atomic mass is 10.2. The molecule has 0 aliphatic carbocycles. The summed E-state index contributed by atoms with van der Waals surface area (Å²) in [5.74, 6) is -0.256.